The van der Waals surface area contributed by atoms with E-state index in [-0.39, 0.29) is 0 Å². The Kier molecular flexibility index (Phi) is 6.89. The summed E-state index contributed by atoms with van der Waals surface area (Å²) in [5.74, 6) is 0. The Balaban J connectivity index is 0.887. The van der Waals surface area contributed by atoms with Crippen LogP contribution in [0.4, 0.5) is 0 Å². The van der Waals surface area contributed by atoms with Crippen LogP contribution in [0.15, 0.2) is 220 Å². The number of furan rings is 3. The van der Waals surface area contributed by atoms with Crippen LogP contribution in [0.25, 0.3) is 143 Å². The highest BCUT2D eigenvalue weighted by atomic mass is 16.3. The minimum Gasteiger partial charge on any atom is -0.455 e. The van der Waals surface area contributed by atoms with Crippen LogP contribution < -0.4 is 0 Å². The molecular weight excluding hydrogens is 797 g/mol. The van der Waals surface area contributed by atoms with Crippen LogP contribution in [0.3, 0.4) is 0 Å². The lowest BCUT2D eigenvalue weighted by molar-refractivity contribution is 0.666. The van der Waals surface area contributed by atoms with E-state index < -0.39 is 0 Å². The van der Waals surface area contributed by atoms with Crippen molar-refractivity contribution < 1.29 is 13.3 Å². The molecule has 5 aromatic heterocycles. The number of aromatic nitrogens is 2. The molecule has 0 aliphatic heterocycles. The molecule has 0 saturated carbocycles. The van der Waals surface area contributed by atoms with E-state index >= 15 is 0 Å². The highest BCUT2D eigenvalue weighted by molar-refractivity contribution is 6.17. The molecule has 5 heteroatoms. The van der Waals surface area contributed by atoms with E-state index in [0.29, 0.717) is 0 Å². The van der Waals surface area contributed by atoms with Gasteiger partial charge in [0.15, 0.2) is 5.58 Å². The predicted molar refractivity (Wildman–Crippen MR) is 268 cm³/mol. The molecule has 0 amide bonds. The largest absolute Gasteiger partial charge is 0.455 e. The molecule has 0 spiro atoms. The van der Waals surface area contributed by atoms with Crippen molar-refractivity contribution in [3.8, 4) is 33.6 Å². The molecule has 302 valence electrons. The first-order valence-corrected chi connectivity index (χ1v) is 22.1. The van der Waals surface area contributed by atoms with E-state index in [1.807, 2.05) is 24.3 Å². The minimum atomic E-state index is 0.847. The fourth-order valence-electron chi connectivity index (χ4n) is 10.9. The van der Waals surface area contributed by atoms with Crippen LogP contribution in [0.2, 0.25) is 0 Å². The zero-order valence-corrected chi connectivity index (χ0v) is 34.7. The van der Waals surface area contributed by atoms with Gasteiger partial charge in [0.2, 0.25) is 0 Å². The molecule has 0 bridgehead atoms. The lowest BCUT2D eigenvalue weighted by Crippen LogP contribution is -1.94. The molecule has 15 aromatic rings. The van der Waals surface area contributed by atoms with Crippen LogP contribution in [0.1, 0.15) is 0 Å². The number of nitrogens with zero attached hydrogens (tertiary/aromatic N) is 2. The van der Waals surface area contributed by atoms with Gasteiger partial charge in [-0.15, -0.1) is 0 Å². The molecule has 0 saturated heterocycles. The highest BCUT2D eigenvalue weighted by Gasteiger charge is 2.21. The van der Waals surface area contributed by atoms with Crippen LogP contribution in [-0.2, 0) is 0 Å². The van der Waals surface area contributed by atoms with Crippen LogP contribution >= 0.6 is 0 Å². The van der Waals surface area contributed by atoms with E-state index in [1.54, 1.807) is 0 Å². The number of rotatable bonds is 4. The Hall–Kier alpha value is -8.80. The average Bonchev–Trinajstić information content (AvgIpc) is 4.18. The van der Waals surface area contributed by atoms with Crippen molar-refractivity contribution in [3.63, 3.8) is 0 Å². The van der Waals surface area contributed by atoms with Gasteiger partial charge in [-0.25, -0.2) is 0 Å². The van der Waals surface area contributed by atoms with Crippen LogP contribution in [-0.4, -0.2) is 9.13 Å². The molecule has 10 aromatic carbocycles. The van der Waals surface area contributed by atoms with Gasteiger partial charge in [-0.1, -0.05) is 133 Å². The molecule has 0 aliphatic rings. The number of para-hydroxylation sites is 7. The van der Waals surface area contributed by atoms with Gasteiger partial charge >= 0.3 is 0 Å². The van der Waals surface area contributed by atoms with Gasteiger partial charge in [0.25, 0.3) is 0 Å². The Labute approximate surface area is 370 Å². The summed E-state index contributed by atoms with van der Waals surface area (Å²) in [6.45, 7) is 0. The Bertz CT molecular complexity index is 4490. The van der Waals surface area contributed by atoms with Gasteiger partial charge in [-0.2, -0.15) is 0 Å². The third-order valence-corrected chi connectivity index (χ3v) is 13.7. The molecule has 5 nitrogen and oxygen atoms in total. The first-order chi connectivity index (χ1) is 32.2. The van der Waals surface area contributed by atoms with Crippen molar-refractivity contribution in [2.75, 3.05) is 0 Å². The van der Waals surface area contributed by atoms with E-state index in [9.17, 15) is 0 Å². The monoisotopic (exact) mass is 830 g/mol. The van der Waals surface area contributed by atoms with Crippen LogP contribution in [0.5, 0.6) is 0 Å². The number of fused-ring (bicyclic) bond motifs is 15. The minimum absolute atomic E-state index is 0.847. The zero-order chi connectivity index (χ0) is 42.3. The third kappa shape index (κ3) is 4.81. The molecule has 0 fully saturated rings. The zero-order valence-electron chi connectivity index (χ0n) is 34.7. The Morgan fingerprint density at radius 2 is 0.708 bits per heavy atom. The summed E-state index contributed by atoms with van der Waals surface area (Å²) in [4.78, 5) is 0. The fourth-order valence-corrected chi connectivity index (χ4v) is 10.9. The second-order valence-corrected chi connectivity index (χ2v) is 17.2. The maximum atomic E-state index is 6.89. The van der Waals surface area contributed by atoms with Crippen molar-refractivity contribution in [3.05, 3.63) is 206 Å². The molecular formula is C60H34N2O3. The summed E-state index contributed by atoms with van der Waals surface area (Å²) < 4.78 is 24.6. The number of hydrogen-bond donors (Lipinski definition) is 0. The van der Waals surface area contributed by atoms with Gasteiger partial charge in [0.1, 0.15) is 27.9 Å². The number of benzene rings is 10. The molecule has 65 heavy (non-hydrogen) atoms. The smallest absolute Gasteiger partial charge is 0.159 e. The lowest BCUT2D eigenvalue weighted by atomic mass is 10.0. The Morgan fingerprint density at radius 3 is 1.32 bits per heavy atom. The maximum absolute atomic E-state index is 6.89. The SMILES string of the molecule is c1ccc2c(c1)oc1c(-c3ccc4c(c3)c3ccccc3n4-c3ccc4oc5c(-n6c7ccccc7c7cc(-c8cccc9c8oc8ccccc89)ccc76)cccc5c4c3)cccc12. The summed E-state index contributed by atoms with van der Waals surface area (Å²) in [5.41, 5.74) is 16.3. The second-order valence-electron chi connectivity index (χ2n) is 17.2. The summed E-state index contributed by atoms with van der Waals surface area (Å²) >= 11 is 0. The summed E-state index contributed by atoms with van der Waals surface area (Å²) in [5, 5.41) is 11.4. The number of hydrogen-bond acceptors (Lipinski definition) is 3. The topological polar surface area (TPSA) is 49.3 Å². The molecule has 0 radical (unpaired) electrons. The van der Waals surface area contributed by atoms with Gasteiger partial charge in [-0.3, -0.25) is 0 Å². The first-order valence-electron chi connectivity index (χ1n) is 22.1. The van der Waals surface area contributed by atoms with Crippen molar-refractivity contribution in [1.29, 1.82) is 0 Å². The molecule has 5 heterocycles. The Morgan fingerprint density at radius 1 is 0.262 bits per heavy atom. The third-order valence-electron chi connectivity index (χ3n) is 13.7. The van der Waals surface area contributed by atoms with Gasteiger partial charge < -0.3 is 22.4 Å². The van der Waals surface area contributed by atoms with Crippen molar-refractivity contribution in [2.24, 2.45) is 0 Å². The van der Waals surface area contributed by atoms with Crippen molar-refractivity contribution >= 4 is 109 Å². The van der Waals surface area contributed by atoms with Crippen LogP contribution in [0, 0.1) is 0 Å². The second kappa shape index (κ2) is 12.9. The first kappa shape index (κ1) is 34.7. The molecule has 0 aliphatic carbocycles. The van der Waals surface area contributed by atoms with Gasteiger partial charge in [0.05, 0.1) is 27.8 Å². The molecule has 0 unspecified atom stereocenters. The lowest BCUT2D eigenvalue weighted by Gasteiger charge is -2.09. The molecule has 0 N–H and O–H groups in total. The van der Waals surface area contributed by atoms with Gasteiger partial charge in [0, 0.05) is 70.7 Å². The van der Waals surface area contributed by atoms with E-state index in [4.69, 9.17) is 13.3 Å². The van der Waals surface area contributed by atoms with Crippen molar-refractivity contribution in [2.45, 2.75) is 0 Å². The van der Waals surface area contributed by atoms with Gasteiger partial charge in [-0.05, 0) is 83.9 Å². The molecule has 0 atom stereocenters. The van der Waals surface area contributed by atoms with E-state index in [2.05, 4.69) is 191 Å². The summed E-state index contributed by atoms with van der Waals surface area (Å²) in [6, 6.07) is 73.5. The highest BCUT2D eigenvalue weighted by Crippen LogP contribution is 2.44. The van der Waals surface area contributed by atoms with Crippen molar-refractivity contribution in [1.82, 2.24) is 9.13 Å². The summed E-state index contributed by atoms with van der Waals surface area (Å²) in [6.07, 6.45) is 0. The maximum Gasteiger partial charge on any atom is 0.159 e. The average molecular weight is 831 g/mol. The van der Waals surface area contributed by atoms with E-state index in [1.165, 1.54) is 21.5 Å². The normalized spacial score (nSPS) is 12.3. The predicted octanol–water partition coefficient (Wildman–Crippen LogP) is 16.9. The quantitative estimate of drug-likeness (QED) is 0.177. The standard InChI is InChI=1S/C60H34N2O3/c1-5-21-50-40(12-1)47-32-35(38-16-9-18-44-42-14-3-7-24-55(42)63-58(38)44)26-29-52(47)61(50)37-28-31-57-49(34-37)46-20-11-23-54(60(46)65-57)62-51-22-6-2-13-41(51)48-33-36(27-30-53(48)62)39-17-10-19-45-43-15-4-8-25-56(43)64-59(39)45/h1-34H. The fraction of sp³-hybridized carbons (Fsp3) is 0. The summed E-state index contributed by atoms with van der Waals surface area (Å²) in [7, 11) is 0. The van der Waals surface area contributed by atoms with E-state index in [0.717, 1.165) is 122 Å². The molecule has 15 rings (SSSR count).